The minimum absolute atomic E-state index is 1.06. The summed E-state index contributed by atoms with van der Waals surface area (Å²) in [5.41, 5.74) is 5.63. The summed E-state index contributed by atoms with van der Waals surface area (Å²) >= 11 is 0. The Hall–Kier alpha value is -1.02. The number of aryl methyl sites for hydroxylation is 3. The van der Waals surface area contributed by atoms with Crippen LogP contribution in [0.15, 0.2) is 12.1 Å². The molecule has 2 rings (SSSR count). The molecular formula is C14H22N2. The minimum atomic E-state index is 1.06. The smallest absolute Gasteiger partial charge is 0.0704 e. The molecule has 0 aromatic heterocycles. The fourth-order valence-electron chi connectivity index (χ4n) is 2.82. The molecular weight excluding hydrogens is 196 g/mol. The van der Waals surface area contributed by atoms with E-state index in [9.17, 15) is 0 Å². The molecule has 0 radical (unpaired) electrons. The van der Waals surface area contributed by atoms with Crippen molar-refractivity contribution in [2.75, 3.05) is 31.7 Å². The van der Waals surface area contributed by atoms with E-state index in [0.717, 1.165) is 6.67 Å². The summed E-state index contributed by atoms with van der Waals surface area (Å²) < 4.78 is 0. The molecule has 0 unspecified atom stereocenters. The third-order valence-corrected chi connectivity index (χ3v) is 3.33. The summed E-state index contributed by atoms with van der Waals surface area (Å²) in [6.45, 7) is 10.1. The molecule has 1 aromatic carbocycles. The fraction of sp³-hybridized carbons (Fsp3) is 0.571. The Labute approximate surface area is 98.9 Å². The van der Waals surface area contributed by atoms with Crippen LogP contribution in [0.3, 0.4) is 0 Å². The topological polar surface area (TPSA) is 6.48 Å². The van der Waals surface area contributed by atoms with Crippen LogP contribution in [0.2, 0.25) is 0 Å². The number of benzene rings is 1. The van der Waals surface area contributed by atoms with Crippen LogP contribution in [-0.4, -0.2) is 31.7 Å². The summed E-state index contributed by atoms with van der Waals surface area (Å²) in [5.74, 6) is 0. The molecule has 1 aromatic rings. The number of anilines is 1. The van der Waals surface area contributed by atoms with E-state index in [1.54, 1.807) is 0 Å². The predicted octanol–water partition coefficient (Wildman–Crippen LogP) is 2.71. The first kappa shape index (κ1) is 11.5. The molecule has 0 spiro atoms. The second-order valence-electron chi connectivity index (χ2n) is 5.09. The van der Waals surface area contributed by atoms with Crippen LogP contribution >= 0.6 is 0 Å². The second-order valence-corrected chi connectivity index (χ2v) is 5.09. The second kappa shape index (κ2) is 4.46. The van der Waals surface area contributed by atoms with Gasteiger partial charge in [-0.25, -0.2) is 0 Å². The van der Waals surface area contributed by atoms with Gasteiger partial charge in [0.1, 0.15) is 0 Å². The molecule has 0 saturated carbocycles. The summed E-state index contributed by atoms with van der Waals surface area (Å²) in [7, 11) is 2.20. The number of hydrogen-bond donors (Lipinski definition) is 0. The monoisotopic (exact) mass is 218 g/mol. The molecule has 1 saturated heterocycles. The standard InChI is InChI=1S/C14H22N2/c1-11-8-12(2)14(13(3)9-11)16-7-5-6-15(4)10-16/h8-9H,5-7,10H2,1-4H3. The Kier molecular flexibility index (Phi) is 3.20. The van der Waals surface area contributed by atoms with Gasteiger partial charge in [-0.05, 0) is 45.4 Å². The third-order valence-electron chi connectivity index (χ3n) is 3.33. The molecule has 0 atom stereocenters. The van der Waals surface area contributed by atoms with Crippen molar-refractivity contribution in [3.05, 3.63) is 28.8 Å². The Morgan fingerprint density at radius 3 is 2.19 bits per heavy atom. The van der Waals surface area contributed by atoms with Gasteiger partial charge in [-0.2, -0.15) is 0 Å². The van der Waals surface area contributed by atoms with Gasteiger partial charge in [0.2, 0.25) is 0 Å². The van der Waals surface area contributed by atoms with E-state index in [4.69, 9.17) is 0 Å². The highest BCUT2D eigenvalue weighted by atomic mass is 15.3. The molecule has 1 fully saturated rings. The van der Waals surface area contributed by atoms with E-state index < -0.39 is 0 Å². The SMILES string of the molecule is Cc1cc(C)c(N2CCCN(C)C2)c(C)c1. The average molecular weight is 218 g/mol. The first-order valence-corrected chi connectivity index (χ1v) is 6.09. The molecule has 0 amide bonds. The van der Waals surface area contributed by atoms with Gasteiger partial charge in [-0.15, -0.1) is 0 Å². The molecule has 0 aliphatic carbocycles. The van der Waals surface area contributed by atoms with Gasteiger partial charge in [-0.3, -0.25) is 4.90 Å². The zero-order valence-electron chi connectivity index (χ0n) is 10.9. The van der Waals surface area contributed by atoms with Crippen molar-refractivity contribution in [2.45, 2.75) is 27.2 Å². The highest BCUT2D eigenvalue weighted by Crippen LogP contribution is 2.27. The quantitative estimate of drug-likeness (QED) is 0.715. The molecule has 16 heavy (non-hydrogen) atoms. The summed E-state index contributed by atoms with van der Waals surface area (Å²) in [4.78, 5) is 4.90. The van der Waals surface area contributed by atoms with E-state index >= 15 is 0 Å². The molecule has 1 aliphatic rings. The molecule has 88 valence electrons. The van der Waals surface area contributed by atoms with E-state index in [2.05, 4.69) is 49.8 Å². The maximum absolute atomic E-state index is 2.51. The van der Waals surface area contributed by atoms with Gasteiger partial charge < -0.3 is 4.90 Å². The fourth-order valence-corrected chi connectivity index (χ4v) is 2.82. The Morgan fingerprint density at radius 2 is 1.62 bits per heavy atom. The van der Waals surface area contributed by atoms with Gasteiger partial charge in [0, 0.05) is 18.8 Å². The zero-order chi connectivity index (χ0) is 11.7. The minimum Gasteiger partial charge on any atom is -0.358 e. The Balaban J connectivity index is 2.32. The maximum atomic E-state index is 2.51. The van der Waals surface area contributed by atoms with Crippen LogP contribution in [0.25, 0.3) is 0 Å². The van der Waals surface area contributed by atoms with Crippen molar-refractivity contribution >= 4 is 5.69 Å². The van der Waals surface area contributed by atoms with Crippen LogP contribution in [0.5, 0.6) is 0 Å². The maximum Gasteiger partial charge on any atom is 0.0704 e. The summed E-state index contributed by atoms with van der Waals surface area (Å²) in [5, 5.41) is 0. The van der Waals surface area contributed by atoms with E-state index in [1.165, 1.54) is 41.9 Å². The summed E-state index contributed by atoms with van der Waals surface area (Å²) in [6, 6.07) is 4.58. The molecule has 1 heterocycles. The zero-order valence-corrected chi connectivity index (χ0v) is 10.9. The first-order chi connectivity index (χ1) is 7.58. The van der Waals surface area contributed by atoms with Gasteiger partial charge in [-0.1, -0.05) is 17.7 Å². The highest BCUT2D eigenvalue weighted by Gasteiger charge is 2.17. The van der Waals surface area contributed by atoms with Crippen LogP contribution in [0, 0.1) is 20.8 Å². The Morgan fingerprint density at radius 1 is 1.00 bits per heavy atom. The van der Waals surface area contributed by atoms with Crippen molar-refractivity contribution in [1.29, 1.82) is 0 Å². The van der Waals surface area contributed by atoms with Gasteiger partial charge in [0.05, 0.1) is 6.67 Å². The van der Waals surface area contributed by atoms with Gasteiger partial charge in [0.25, 0.3) is 0 Å². The lowest BCUT2D eigenvalue weighted by atomic mass is 10.0. The van der Waals surface area contributed by atoms with Crippen LogP contribution < -0.4 is 4.90 Å². The van der Waals surface area contributed by atoms with Crippen molar-refractivity contribution in [3.8, 4) is 0 Å². The lowest BCUT2D eigenvalue weighted by molar-refractivity contribution is 0.291. The lowest BCUT2D eigenvalue weighted by Crippen LogP contribution is -2.43. The van der Waals surface area contributed by atoms with Crippen molar-refractivity contribution in [3.63, 3.8) is 0 Å². The highest BCUT2D eigenvalue weighted by molar-refractivity contribution is 5.60. The number of nitrogens with zero attached hydrogens (tertiary/aromatic N) is 2. The van der Waals surface area contributed by atoms with Crippen LogP contribution in [-0.2, 0) is 0 Å². The predicted molar refractivity (Wildman–Crippen MR) is 70.1 cm³/mol. The van der Waals surface area contributed by atoms with Crippen molar-refractivity contribution < 1.29 is 0 Å². The third kappa shape index (κ3) is 2.22. The van der Waals surface area contributed by atoms with E-state index in [0.29, 0.717) is 0 Å². The molecule has 0 bridgehead atoms. The van der Waals surface area contributed by atoms with Gasteiger partial charge in [0.15, 0.2) is 0 Å². The molecule has 2 heteroatoms. The number of hydrogen-bond acceptors (Lipinski definition) is 2. The summed E-state index contributed by atoms with van der Waals surface area (Å²) in [6.07, 6.45) is 1.27. The molecule has 2 nitrogen and oxygen atoms in total. The van der Waals surface area contributed by atoms with Crippen LogP contribution in [0.4, 0.5) is 5.69 Å². The molecule has 0 N–H and O–H groups in total. The van der Waals surface area contributed by atoms with Crippen molar-refractivity contribution in [2.24, 2.45) is 0 Å². The lowest BCUT2D eigenvalue weighted by Gasteiger charge is -2.36. The van der Waals surface area contributed by atoms with Crippen LogP contribution in [0.1, 0.15) is 23.1 Å². The van der Waals surface area contributed by atoms with Crippen molar-refractivity contribution in [1.82, 2.24) is 4.90 Å². The molecule has 1 aliphatic heterocycles. The van der Waals surface area contributed by atoms with E-state index in [-0.39, 0.29) is 0 Å². The number of rotatable bonds is 1. The normalized spacial score (nSPS) is 17.9. The largest absolute Gasteiger partial charge is 0.358 e. The Bertz CT molecular complexity index is 361. The van der Waals surface area contributed by atoms with E-state index in [1.807, 2.05) is 0 Å². The first-order valence-electron chi connectivity index (χ1n) is 6.09. The van der Waals surface area contributed by atoms with Gasteiger partial charge >= 0.3 is 0 Å². The average Bonchev–Trinajstić information content (AvgIpc) is 2.15.